The first-order valence-electron chi connectivity index (χ1n) is 7.75. The number of nitrogens with one attached hydrogen (secondary N) is 2. The van der Waals surface area contributed by atoms with Gasteiger partial charge in [0.2, 0.25) is 0 Å². The first kappa shape index (κ1) is 17.0. The Hall–Kier alpha value is -2.79. The predicted octanol–water partition coefficient (Wildman–Crippen LogP) is 4.23. The number of aromatic amines is 1. The zero-order valence-corrected chi connectivity index (χ0v) is 14.6. The Morgan fingerprint density at radius 3 is 2.64 bits per heavy atom. The number of ether oxygens (including phenoxy) is 1. The van der Waals surface area contributed by atoms with Gasteiger partial charge in [-0.05, 0) is 43.2 Å². The molecule has 128 valence electrons. The van der Waals surface area contributed by atoms with Crippen LogP contribution in [0.3, 0.4) is 0 Å². The molecule has 2 N–H and O–H groups in total. The van der Waals surface area contributed by atoms with E-state index in [-0.39, 0.29) is 0 Å². The topological polar surface area (TPSA) is 71.2 Å². The molecular weight excluding hydrogens is 340 g/mol. The van der Waals surface area contributed by atoms with Gasteiger partial charge >= 0.3 is 5.97 Å². The number of para-hydroxylation sites is 1. The monoisotopic (exact) mass is 356 g/mol. The minimum Gasteiger partial charge on any atom is -0.451 e. The standard InChI is InChI=1S/C19H17ClN2O3/c1-11-7-12(2)18(14(20)8-11)22-17(23)10-25-19(24)16-9-13-5-3-4-6-15(13)21-16/h3-9,21H,10H2,1-2H3,(H,22,23). The highest BCUT2D eigenvalue weighted by molar-refractivity contribution is 6.34. The summed E-state index contributed by atoms with van der Waals surface area (Å²) in [5.41, 5.74) is 3.52. The number of hydrogen-bond donors (Lipinski definition) is 2. The lowest BCUT2D eigenvalue weighted by Crippen LogP contribution is -2.21. The molecule has 3 rings (SSSR count). The molecule has 0 bridgehead atoms. The summed E-state index contributed by atoms with van der Waals surface area (Å²) in [6, 6.07) is 12.9. The molecule has 3 aromatic rings. The number of H-pyrrole nitrogens is 1. The van der Waals surface area contributed by atoms with Crippen LogP contribution in [0, 0.1) is 13.8 Å². The summed E-state index contributed by atoms with van der Waals surface area (Å²) < 4.78 is 5.07. The van der Waals surface area contributed by atoms with E-state index in [4.69, 9.17) is 16.3 Å². The number of esters is 1. The van der Waals surface area contributed by atoms with E-state index in [9.17, 15) is 9.59 Å². The molecule has 0 saturated carbocycles. The summed E-state index contributed by atoms with van der Waals surface area (Å²) in [5, 5.41) is 4.04. The number of aromatic nitrogens is 1. The van der Waals surface area contributed by atoms with Crippen LogP contribution >= 0.6 is 11.6 Å². The van der Waals surface area contributed by atoms with Gasteiger partial charge in [0, 0.05) is 10.9 Å². The van der Waals surface area contributed by atoms with Crippen LogP contribution in [-0.4, -0.2) is 23.5 Å². The molecule has 0 atom stereocenters. The Morgan fingerprint density at radius 2 is 1.92 bits per heavy atom. The second kappa shape index (κ2) is 6.99. The normalized spacial score (nSPS) is 10.7. The van der Waals surface area contributed by atoms with Crippen molar-refractivity contribution in [2.45, 2.75) is 13.8 Å². The van der Waals surface area contributed by atoms with Crippen molar-refractivity contribution in [3.8, 4) is 0 Å². The number of halogens is 1. The first-order valence-corrected chi connectivity index (χ1v) is 8.13. The molecule has 0 unspecified atom stereocenters. The van der Waals surface area contributed by atoms with Crippen LogP contribution in [0.2, 0.25) is 5.02 Å². The molecule has 25 heavy (non-hydrogen) atoms. The predicted molar refractivity (Wildman–Crippen MR) is 98.1 cm³/mol. The zero-order valence-electron chi connectivity index (χ0n) is 13.9. The second-order valence-electron chi connectivity index (χ2n) is 5.83. The van der Waals surface area contributed by atoms with Gasteiger partial charge in [-0.25, -0.2) is 4.79 Å². The van der Waals surface area contributed by atoms with Crippen LogP contribution in [0.15, 0.2) is 42.5 Å². The molecule has 0 aliphatic rings. The lowest BCUT2D eigenvalue weighted by atomic mass is 10.1. The lowest BCUT2D eigenvalue weighted by Gasteiger charge is -2.11. The Kier molecular flexibility index (Phi) is 4.76. The van der Waals surface area contributed by atoms with E-state index in [1.54, 1.807) is 12.1 Å². The van der Waals surface area contributed by atoms with E-state index in [2.05, 4.69) is 10.3 Å². The van der Waals surface area contributed by atoms with Crippen molar-refractivity contribution in [3.05, 3.63) is 64.3 Å². The summed E-state index contributed by atoms with van der Waals surface area (Å²) in [6.45, 7) is 3.38. The smallest absolute Gasteiger partial charge is 0.355 e. The van der Waals surface area contributed by atoms with Crippen molar-refractivity contribution in [1.29, 1.82) is 0 Å². The second-order valence-corrected chi connectivity index (χ2v) is 6.24. The molecule has 0 aliphatic heterocycles. The minimum atomic E-state index is -0.585. The number of rotatable bonds is 4. The molecule has 0 fully saturated rings. The average molecular weight is 357 g/mol. The van der Waals surface area contributed by atoms with Gasteiger partial charge < -0.3 is 15.0 Å². The van der Waals surface area contributed by atoms with E-state index in [1.807, 2.05) is 44.2 Å². The summed E-state index contributed by atoms with van der Waals surface area (Å²) >= 11 is 6.16. The maximum absolute atomic E-state index is 12.1. The third-order valence-corrected chi connectivity index (χ3v) is 4.08. The number of fused-ring (bicyclic) bond motifs is 1. The van der Waals surface area contributed by atoms with Crippen LogP contribution in [0.25, 0.3) is 10.9 Å². The van der Waals surface area contributed by atoms with Crippen molar-refractivity contribution in [2.75, 3.05) is 11.9 Å². The Bertz CT molecular complexity index is 906. The third-order valence-electron chi connectivity index (χ3n) is 3.78. The quantitative estimate of drug-likeness (QED) is 0.687. The fourth-order valence-electron chi connectivity index (χ4n) is 2.64. The molecule has 0 aliphatic carbocycles. The minimum absolute atomic E-state index is 0.304. The summed E-state index contributed by atoms with van der Waals surface area (Å²) in [7, 11) is 0. The van der Waals surface area contributed by atoms with Crippen LogP contribution in [-0.2, 0) is 9.53 Å². The van der Waals surface area contributed by atoms with Crippen molar-refractivity contribution in [3.63, 3.8) is 0 Å². The third kappa shape index (κ3) is 3.83. The molecule has 0 spiro atoms. The zero-order chi connectivity index (χ0) is 18.0. The van der Waals surface area contributed by atoms with Crippen LogP contribution in [0.4, 0.5) is 5.69 Å². The number of carbonyl (C=O) groups is 2. The SMILES string of the molecule is Cc1cc(C)c(NC(=O)COC(=O)c2cc3ccccc3[nH]2)c(Cl)c1. The molecule has 0 radical (unpaired) electrons. The molecule has 1 aromatic heterocycles. The highest BCUT2D eigenvalue weighted by atomic mass is 35.5. The van der Waals surface area contributed by atoms with Crippen molar-refractivity contribution in [1.82, 2.24) is 4.98 Å². The molecular formula is C19H17ClN2O3. The summed E-state index contributed by atoms with van der Waals surface area (Å²) in [5.74, 6) is -1.03. The van der Waals surface area contributed by atoms with Gasteiger partial charge in [0.05, 0.1) is 10.7 Å². The number of carbonyl (C=O) groups excluding carboxylic acids is 2. The van der Waals surface area contributed by atoms with Gasteiger partial charge in [-0.15, -0.1) is 0 Å². The van der Waals surface area contributed by atoms with E-state index >= 15 is 0 Å². The fourth-order valence-corrected chi connectivity index (χ4v) is 3.01. The van der Waals surface area contributed by atoms with Gasteiger partial charge in [0.15, 0.2) is 6.61 Å². The van der Waals surface area contributed by atoms with Gasteiger partial charge in [-0.1, -0.05) is 35.9 Å². The van der Waals surface area contributed by atoms with Gasteiger partial charge in [-0.3, -0.25) is 4.79 Å². The van der Waals surface area contributed by atoms with Crippen LogP contribution in [0.5, 0.6) is 0 Å². The number of aryl methyl sites for hydroxylation is 2. The molecule has 5 nitrogen and oxygen atoms in total. The number of amides is 1. The molecule has 0 saturated heterocycles. The summed E-state index contributed by atoms with van der Waals surface area (Å²) in [6.07, 6.45) is 0. The van der Waals surface area contributed by atoms with Gasteiger partial charge in [0.25, 0.3) is 5.91 Å². The fraction of sp³-hybridized carbons (Fsp3) is 0.158. The number of anilines is 1. The van der Waals surface area contributed by atoms with E-state index < -0.39 is 18.5 Å². The summed E-state index contributed by atoms with van der Waals surface area (Å²) in [4.78, 5) is 27.1. The van der Waals surface area contributed by atoms with E-state index in [0.29, 0.717) is 16.4 Å². The van der Waals surface area contributed by atoms with Gasteiger partial charge in [-0.2, -0.15) is 0 Å². The van der Waals surface area contributed by atoms with Gasteiger partial charge in [0.1, 0.15) is 5.69 Å². The molecule has 2 aromatic carbocycles. The number of hydrogen-bond acceptors (Lipinski definition) is 3. The Balaban J connectivity index is 1.63. The van der Waals surface area contributed by atoms with E-state index in [0.717, 1.165) is 22.0 Å². The highest BCUT2D eigenvalue weighted by Gasteiger charge is 2.14. The maximum Gasteiger partial charge on any atom is 0.355 e. The van der Waals surface area contributed by atoms with E-state index in [1.165, 1.54) is 0 Å². The Morgan fingerprint density at radius 1 is 1.16 bits per heavy atom. The van der Waals surface area contributed by atoms with Crippen molar-refractivity contribution < 1.29 is 14.3 Å². The van der Waals surface area contributed by atoms with Crippen molar-refractivity contribution in [2.24, 2.45) is 0 Å². The average Bonchev–Trinajstić information content (AvgIpc) is 3.00. The van der Waals surface area contributed by atoms with Crippen LogP contribution in [0.1, 0.15) is 21.6 Å². The molecule has 6 heteroatoms. The molecule has 1 amide bonds. The highest BCUT2D eigenvalue weighted by Crippen LogP contribution is 2.27. The number of benzene rings is 2. The first-order chi connectivity index (χ1) is 11.9. The molecule has 1 heterocycles. The van der Waals surface area contributed by atoms with Crippen molar-refractivity contribution >= 4 is 40.1 Å². The largest absolute Gasteiger partial charge is 0.451 e. The Labute approximate surface area is 149 Å². The van der Waals surface area contributed by atoms with Crippen LogP contribution < -0.4 is 5.32 Å². The lowest BCUT2D eigenvalue weighted by molar-refractivity contribution is -0.119. The maximum atomic E-state index is 12.1.